The van der Waals surface area contributed by atoms with Crippen molar-refractivity contribution in [2.45, 2.75) is 6.54 Å². The van der Waals surface area contributed by atoms with Crippen LogP contribution in [-0.4, -0.2) is 4.98 Å². The van der Waals surface area contributed by atoms with E-state index in [-0.39, 0.29) is 0 Å². The Balaban J connectivity index is 2.41. The zero-order valence-corrected chi connectivity index (χ0v) is 9.06. The van der Waals surface area contributed by atoms with Gasteiger partial charge in [0.25, 0.3) is 0 Å². The summed E-state index contributed by atoms with van der Waals surface area (Å²) in [5, 5.41) is 1.99. The summed E-state index contributed by atoms with van der Waals surface area (Å²) < 4.78 is 6.43. The second-order valence-electron chi connectivity index (χ2n) is 2.42. The summed E-state index contributed by atoms with van der Waals surface area (Å²) in [7, 11) is 0. The molecule has 0 atom stereocenters. The highest BCUT2D eigenvalue weighted by molar-refractivity contribution is 9.10. The van der Waals surface area contributed by atoms with Gasteiger partial charge in [0.1, 0.15) is 0 Å². The molecule has 2 aromatic rings. The molecule has 0 aliphatic rings. The minimum atomic E-state index is 0.336. The fourth-order valence-corrected chi connectivity index (χ4v) is 2.49. The van der Waals surface area contributed by atoms with Gasteiger partial charge in [-0.1, -0.05) is 0 Å². The average molecular weight is 259 g/mol. The van der Waals surface area contributed by atoms with Crippen LogP contribution in [0.4, 0.5) is 0 Å². The smallest absolute Gasteiger partial charge is 0.208 e. The quantitative estimate of drug-likeness (QED) is 0.901. The fraction of sp³-hybridized carbons (Fsp3) is 0.125. The SMILES string of the molecule is NCc1ncc(-c2sccc2Br)o1. The topological polar surface area (TPSA) is 52.0 Å². The molecule has 0 bridgehead atoms. The van der Waals surface area contributed by atoms with Crippen molar-refractivity contribution in [3.8, 4) is 10.6 Å². The number of hydrogen-bond acceptors (Lipinski definition) is 4. The monoisotopic (exact) mass is 258 g/mol. The van der Waals surface area contributed by atoms with Crippen molar-refractivity contribution >= 4 is 27.3 Å². The van der Waals surface area contributed by atoms with E-state index in [1.54, 1.807) is 17.5 Å². The summed E-state index contributed by atoms with van der Waals surface area (Å²) in [6.07, 6.45) is 1.69. The fourth-order valence-electron chi connectivity index (χ4n) is 0.979. The van der Waals surface area contributed by atoms with E-state index in [2.05, 4.69) is 20.9 Å². The molecule has 2 N–H and O–H groups in total. The Morgan fingerprint density at radius 2 is 2.46 bits per heavy atom. The summed E-state index contributed by atoms with van der Waals surface area (Å²) in [6, 6.07) is 1.98. The summed E-state index contributed by atoms with van der Waals surface area (Å²) in [6.45, 7) is 0.336. The van der Waals surface area contributed by atoms with Crippen molar-refractivity contribution in [3.05, 3.63) is 28.0 Å². The Bertz CT molecular complexity index is 410. The van der Waals surface area contributed by atoms with Crippen LogP contribution in [0.15, 0.2) is 26.5 Å². The Hall–Kier alpha value is -0.650. The second-order valence-corrected chi connectivity index (χ2v) is 4.19. The molecule has 5 heteroatoms. The van der Waals surface area contributed by atoms with E-state index < -0.39 is 0 Å². The van der Waals surface area contributed by atoms with Crippen LogP contribution in [0.5, 0.6) is 0 Å². The molecule has 0 saturated heterocycles. The Morgan fingerprint density at radius 1 is 1.62 bits per heavy atom. The van der Waals surface area contributed by atoms with Gasteiger partial charge in [-0.15, -0.1) is 11.3 Å². The zero-order valence-electron chi connectivity index (χ0n) is 6.66. The molecule has 0 unspecified atom stereocenters. The normalized spacial score (nSPS) is 10.6. The third kappa shape index (κ3) is 1.67. The predicted molar refractivity (Wildman–Crippen MR) is 55.4 cm³/mol. The van der Waals surface area contributed by atoms with Gasteiger partial charge in [-0.2, -0.15) is 0 Å². The lowest BCUT2D eigenvalue weighted by atomic mass is 10.4. The van der Waals surface area contributed by atoms with Crippen LogP contribution in [0.1, 0.15) is 5.89 Å². The van der Waals surface area contributed by atoms with Crippen molar-refractivity contribution in [1.29, 1.82) is 0 Å². The van der Waals surface area contributed by atoms with Crippen molar-refractivity contribution < 1.29 is 4.42 Å². The van der Waals surface area contributed by atoms with E-state index in [1.165, 1.54) is 0 Å². The maximum atomic E-state index is 5.40. The van der Waals surface area contributed by atoms with Gasteiger partial charge in [-0.05, 0) is 27.4 Å². The molecule has 2 rings (SSSR count). The third-order valence-electron chi connectivity index (χ3n) is 1.57. The highest BCUT2D eigenvalue weighted by Crippen LogP contribution is 2.33. The number of aromatic nitrogens is 1. The van der Waals surface area contributed by atoms with Crippen LogP contribution in [0.2, 0.25) is 0 Å². The third-order valence-corrected chi connectivity index (χ3v) is 3.42. The zero-order chi connectivity index (χ0) is 9.26. The standard InChI is InChI=1S/C8H7BrN2OS/c9-5-1-2-13-8(5)6-4-11-7(3-10)12-6/h1-2,4H,3,10H2. The molecular weight excluding hydrogens is 252 g/mol. The van der Waals surface area contributed by atoms with Crippen LogP contribution in [0, 0.1) is 0 Å². The van der Waals surface area contributed by atoms with E-state index in [0.29, 0.717) is 12.4 Å². The molecule has 0 spiro atoms. The Morgan fingerprint density at radius 3 is 3.00 bits per heavy atom. The molecule has 13 heavy (non-hydrogen) atoms. The Labute approximate surface area is 87.7 Å². The number of halogens is 1. The van der Waals surface area contributed by atoms with Gasteiger partial charge in [0.15, 0.2) is 5.76 Å². The summed E-state index contributed by atoms with van der Waals surface area (Å²) in [5.74, 6) is 1.33. The van der Waals surface area contributed by atoms with Crippen LogP contribution < -0.4 is 5.73 Å². The molecule has 68 valence electrons. The van der Waals surface area contributed by atoms with Crippen molar-refractivity contribution in [2.75, 3.05) is 0 Å². The molecule has 0 aromatic carbocycles. The lowest BCUT2D eigenvalue weighted by Crippen LogP contribution is -1.94. The van der Waals surface area contributed by atoms with Gasteiger partial charge < -0.3 is 10.2 Å². The molecule has 3 nitrogen and oxygen atoms in total. The molecule has 2 aromatic heterocycles. The largest absolute Gasteiger partial charge is 0.438 e. The maximum absolute atomic E-state index is 5.40. The Kier molecular flexibility index (Phi) is 2.48. The number of thiophene rings is 1. The van der Waals surface area contributed by atoms with Gasteiger partial charge in [0.2, 0.25) is 5.89 Å². The lowest BCUT2D eigenvalue weighted by molar-refractivity contribution is 0.510. The van der Waals surface area contributed by atoms with Gasteiger partial charge in [0.05, 0.1) is 17.6 Å². The first kappa shape index (κ1) is 8.93. The molecule has 0 radical (unpaired) electrons. The first-order chi connectivity index (χ1) is 6.31. The van der Waals surface area contributed by atoms with Crippen molar-refractivity contribution in [2.24, 2.45) is 5.73 Å². The van der Waals surface area contributed by atoms with E-state index >= 15 is 0 Å². The van der Waals surface area contributed by atoms with Gasteiger partial charge in [-0.25, -0.2) is 4.98 Å². The lowest BCUT2D eigenvalue weighted by Gasteiger charge is -1.90. The number of hydrogen-bond donors (Lipinski definition) is 1. The minimum Gasteiger partial charge on any atom is -0.438 e. The predicted octanol–water partition coefficient (Wildman–Crippen LogP) is 2.62. The van der Waals surface area contributed by atoms with Crippen LogP contribution in [0.25, 0.3) is 10.6 Å². The minimum absolute atomic E-state index is 0.336. The number of nitrogens with zero attached hydrogens (tertiary/aromatic N) is 1. The molecule has 2 heterocycles. The maximum Gasteiger partial charge on any atom is 0.208 e. The first-order valence-electron chi connectivity index (χ1n) is 3.69. The van der Waals surface area contributed by atoms with Crippen molar-refractivity contribution in [3.63, 3.8) is 0 Å². The molecule has 0 aliphatic carbocycles. The van der Waals surface area contributed by atoms with Gasteiger partial charge in [-0.3, -0.25) is 0 Å². The summed E-state index contributed by atoms with van der Waals surface area (Å²) in [4.78, 5) is 5.07. The van der Waals surface area contributed by atoms with Crippen LogP contribution in [0.3, 0.4) is 0 Å². The van der Waals surface area contributed by atoms with Gasteiger partial charge >= 0.3 is 0 Å². The summed E-state index contributed by atoms with van der Waals surface area (Å²) >= 11 is 5.03. The highest BCUT2D eigenvalue weighted by atomic mass is 79.9. The van der Waals surface area contributed by atoms with E-state index in [0.717, 1.165) is 15.1 Å². The number of oxazole rings is 1. The second kappa shape index (κ2) is 3.61. The molecule has 0 amide bonds. The van der Waals surface area contributed by atoms with E-state index in [1.807, 2.05) is 11.4 Å². The van der Waals surface area contributed by atoms with Crippen molar-refractivity contribution in [1.82, 2.24) is 4.98 Å². The van der Waals surface area contributed by atoms with E-state index in [4.69, 9.17) is 10.2 Å². The molecule has 0 fully saturated rings. The highest BCUT2D eigenvalue weighted by Gasteiger charge is 2.09. The number of nitrogens with two attached hydrogens (primary N) is 1. The van der Waals surface area contributed by atoms with Crippen LogP contribution >= 0.6 is 27.3 Å². The van der Waals surface area contributed by atoms with Gasteiger partial charge in [0, 0.05) is 4.47 Å². The summed E-state index contributed by atoms with van der Waals surface area (Å²) in [5.41, 5.74) is 5.39. The molecular formula is C8H7BrN2OS. The average Bonchev–Trinajstić information content (AvgIpc) is 2.71. The van der Waals surface area contributed by atoms with E-state index in [9.17, 15) is 0 Å². The molecule has 0 saturated carbocycles. The molecule has 0 aliphatic heterocycles. The first-order valence-corrected chi connectivity index (χ1v) is 5.36. The number of rotatable bonds is 2. The van der Waals surface area contributed by atoms with Crippen LogP contribution in [-0.2, 0) is 6.54 Å².